The normalized spacial score (nSPS) is 16.7. The first-order chi connectivity index (χ1) is 10.4. The molecule has 3 rings (SSSR count). The molecule has 0 spiro atoms. The third-order valence-corrected chi connectivity index (χ3v) is 13.0. The molecule has 2 aromatic carbocycles. The van der Waals surface area contributed by atoms with E-state index in [1.807, 2.05) is 0 Å². The zero-order valence-corrected chi connectivity index (χ0v) is 18.9. The van der Waals surface area contributed by atoms with Crippen molar-refractivity contribution in [3.05, 3.63) is 59.7 Å². The second kappa shape index (κ2) is 6.05. The first kappa shape index (κ1) is 16.1. The molecule has 1 unspecified atom stereocenters. The summed E-state index contributed by atoms with van der Waals surface area (Å²) in [5.74, 6) is 0. The summed E-state index contributed by atoms with van der Waals surface area (Å²) in [7, 11) is -1.21. The predicted molar refractivity (Wildman–Crippen MR) is 98.4 cm³/mol. The van der Waals surface area contributed by atoms with Gasteiger partial charge in [0.2, 0.25) is 0 Å². The van der Waals surface area contributed by atoms with Crippen molar-refractivity contribution in [3.63, 3.8) is 0 Å². The van der Waals surface area contributed by atoms with Crippen LogP contribution in [0.15, 0.2) is 48.5 Å². The Bertz CT molecular complexity index is 705. The van der Waals surface area contributed by atoms with Crippen molar-refractivity contribution >= 4 is 19.3 Å². The average molecular weight is 472 g/mol. The molecular weight excluding hydrogens is 447 g/mol. The molecule has 22 heavy (non-hydrogen) atoms. The van der Waals surface area contributed by atoms with Crippen LogP contribution in [0.25, 0.3) is 17.2 Å². The number of benzene rings is 2. The monoisotopic (exact) mass is 473 g/mol. The van der Waals surface area contributed by atoms with Crippen molar-refractivity contribution < 1.29 is 21.4 Å². The van der Waals surface area contributed by atoms with Gasteiger partial charge in [0, 0.05) is 0 Å². The fraction of sp³-hybridized carbons (Fsp3) is 0.300. The van der Waals surface area contributed by atoms with E-state index in [4.69, 9.17) is 0 Å². The number of allylic oxidation sites excluding steroid dienone is 1. The zero-order chi connectivity index (χ0) is 15.9. The van der Waals surface area contributed by atoms with E-state index in [-0.39, 0.29) is 0 Å². The van der Waals surface area contributed by atoms with Crippen LogP contribution in [0.4, 0.5) is 0 Å². The van der Waals surface area contributed by atoms with Crippen LogP contribution in [-0.4, -0.2) is 8.07 Å². The van der Waals surface area contributed by atoms with Gasteiger partial charge in [0.1, 0.15) is 0 Å². The van der Waals surface area contributed by atoms with Crippen molar-refractivity contribution in [2.24, 2.45) is 0 Å². The predicted octanol–water partition coefficient (Wildman–Crippen LogP) is 5.68. The summed E-state index contributed by atoms with van der Waals surface area (Å²) in [6, 6.07) is 16.2. The van der Waals surface area contributed by atoms with E-state index in [1.54, 1.807) is 5.56 Å². The van der Waals surface area contributed by atoms with Crippen LogP contribution in [0, 0.1) is 0 Å². The van der Waals surface area contributed by atoms with Crippen molar-refractivity contribution in [2.75, 3.05) is 0 Å². The van der Waals surface area contributed by atoms with Gasteiger partial charge in [-0.3, -0.25) is 0 Å². The zero-order valence-electron chi connectivity index (χ0n) is 14.3. The molecule has 0 fully saturated rings. The van der Waals surface area contributed by atoms with E-state index in [9.17, 15) is 0 Å². The molecule has 1 aliphatic carbocycles. The molecule has 0 heterocycles. The first-order valence-corrected chi connectivity index (χ1v) is 20.9. The molecular formula is C20H25HfSi. The maximum atomic E-state index is 2.52. The summed E-state index contributed by atoms with van der Waals surface area (Å²) in [4.78, 5) is 0. The maximum absolute atomic E-state index is 2.52. The summed E-state index contributed by atoms with van der Waals surface area (Å²) < 4.78 is 5.82. The van der Waals surface area contributed by atoms with Crippen LogP contribution in [0.2, 0.25) is 29.0 Å². The molecule has 0 saturated heterocycles. The SMILES string of the molecule is [CH3][Hf]([CH3])[CH]1C=Cc2c(-c3ccc([Si](C)(C)C)cc3)cccc21. The Hall–Kier alpha value is -0.733. The third-order valence-electron chi connectivity index (χ3n) is 4.61. The molecule has 2 aromatic rings. The van der Waals surface area contributed by atoms with E-state index in [0.717, 1.165) is 3.67 Å². The van der Waals surface area contributed by atoms with E-state index < -0.39 is 29.5 Å². The molecule has 1 atom stereocenters. The molecule has 0 saturated carbocycles. The van der Waals surface area contributed by atoms with E-state index in [0.29, 0.717) is 0 Å². The second-order valence-corrected chi connectivity index (χ2v) is 22.6. The van der Waals surface area contributed by atoms with Crippen LogP contribution < -0.4 is 5.19 Å². The quantitative estimate of drug-likeness (QED) is 0.505. The van der Waals surface area contributed by atoms with Gasteiger partial charge in [-0.05, 0) is 0 Å². The Labute approximate surface area is 143 Å². The van der Waals surface area contributed by atoms with Gasteiger partial charge in [-0.1, -0.05) is 0 Å². The Morgan fingerprint density at radius 2 is 1.59 bits per heavy atom. The van der Waals surface area contributed by atoms with Gasteiger partial charge in [0.15, 0.2) is 0 Å². The number of hydrogen-bond donors (Lipinski definition) is 0. The van der Waals surface area contributed by atoms with Gasteiger partial charge in [0.05, 0.1) is 0 Å². The van der Waals surface area contributed by atoms with Crippen molar-refractivity contribution in [1.82, 2.24) is 0 Å². The van der Waals surface area contributed by atoms with Crippen LogP contribution in [-0.2, 0) is 21.4 Å². The van der Waals surface area contributed by atoms with E-state index >= 15 is 0 Å². The van der Waals surface area contributed by atoms with Gasteiger partial charge in [-0.25, -0.2) is 0 Å². The molecule has 2 heteroatoms. The molecule has 0 bridgehead atoms. The summed E-state index contributed by atoms with van der Waals surface area (Å²) in [5.41, 5.74) is 5.83. The molecule has 0 aromatic heterocycles. The van der Waals surface area contributed by atoms with Gasteiger partial charge < -0.3 is 0 Å². The van der Waals surface area contributed by atoms with Crippen molar-refractivity contribution in [2.45, 2.75) is 32.7 Å². The molecule has 0 amide bonds. The molecule has 0 radical (unpaired) electrons. The molecule has 113 valence electrons. The molecule has 1 aliphatic rings. The Morgan fingerprint density at radius 3 is 2.18 bits per heavy atom. The Morgan fingerprint density at radius 1 is 0.909 bits per heavy atom. The standard InChI is InChI=1S/C18H19Si.2CH3.Hf/c1-19(2,3)16-12-10-15(11-13-16)18-9-5-7-14-6-4-8-17(14)18;;;/h4-13H,1-3H3;2*1H3;. The van der Waals surface area contributed by atoms with E-state index in [1.165, 1.54) is 21.9 Å². The van der Waals surface area contributed by atoms with Crippen LogP contribution in [0.3, 0.4) is 0 Å². The number of fused-ring (bicyclic) bond motifs is 1. The summed E-state index contributed by atoms with van der Waals surface area (Å²) >= 11 is -1.40. The van der Waals surface area contributed by atoms with Gasteiger partial charge >= 0.3 is 144 Å². The first-order valence-electron chi connectivity index (χ1n) is 8.10. The van der Waals surface area contributed by atoms with Crippen LogP contribution in [0.5, 0.6) is 0 Å². The summed E-state index contributed by atoms with van der Waals surface area (Å²) in [5, 5.41) is 1.54. The van der Waals surface area contributed by atoms with Gasteiger partial charge in [-0.2, -0.15) is 0 Å². The fourth-order valence-corrected chi connectivity index (χ4v) is 9.28. The molecule has 0 N–H and O–H groups in total. The minimum absolute atomic E-state index is 0.779. The second-order valence-electron chi connectivity index (χ2n) is 7.55. The Balaban J connectivity index is 2.02. The topological polar surface area (TPSA) is 0 Å². The summed E-state index contributed by atoms with van der Waals surface area (Å²) in [6.45, 7) is 7.22. The van der Waals surface area contributed by atoms with Gasteiger partial charge in [-0.15, -0.1) is 0 Å². The molecule has 0 nitrogen and oxygen atoms in total. The third kappa shape index (κ3) is 3.00. The van der Waals surface area contributed by atoms with Crippen molar-refractivity contribution in [1.29, 1.82) is 0 Å². The van der Waals surface area contributed by atoms with Crippen molar-refractivity contribution in [3.8, 4) is 11.1 Å². The fourth-order valence-electron chi connectivity index (χ4n) is 3.24. The Kier molecular flexibility index (Phi) is 4.44. The number of hydrogen-bond acceptors (Lipinski definition) is 0. The van der Waals surface area contributed by atoms with Crippen LogP contribution >= 0.6 is 0 Å². The number of rotatable bonds is 3. The molecule has 0 aliphatic heterocycles. The minimum atomic E-state index is -1.40. The average Bonchev–Trinajstić information content (AvgIpc) is 2.90. The van der Waals surface area contributed by atoms with E-state index in [2.05, 4.69) is 83.6 Å². The summed E-state index contributed by atoms with van der Waals surface area (Å²) in [6.07, 6.45) is 4.84. The van der Waals surface area contributed by atoms with Crippen LogP contribution in [0.1, 0.15) is 14.8 Å². The van der Waals surface area contributed by atoms with Gasteiger partial charge in [0.25, 0.3) is 0 Å².